The molecule has 0 amide bonds. The van der Waals surface area contributed by atoms with Crippen molar-refractivity contribution >= 4 is 11.1 Å². The third-order valence-electron chi connectivity index (χ3n) is 9.61. The van der Waals surface area contributed by atoms with E-state index in [9.17, 15) is 63.2 Å². The number of rotatable bonds is 2. The molecule has 286 valence electrons. The van der Waals surface area contributed by atoms with E-state index >= 15 is 0 Å². The molecule has 58 heavy (non-hydrogen) atoms. The summed E-state index contributed by atoms with van der Waals surface area (Å²) < 4.78 is 165. The first-order valence-electron chi connectivity index (χ1n) is 16.2. The van der Waals surface area contributed by atoms with E-state index in [0.717, 1.165) is 0 Å². The monoisotopic (exact) mass is 802 g/mol. The third kappa shape index (κ3) is 6.49. The number of allylic oxidation sites excluding steroid dienone is 2. The molecule has 0 bridgehead atoms. The molecule has 0 spiro atoms. The van der Waals surface area contributed by atoms with Gasteiger partial charge in [0, 0.05) is 11.1 Å². The van der Waals surface area contributed by atoms with Crippen molar-refractivity contribution in [2.24, 2.45) is 0 Å². The van der Waals surface area contributed by atoms with Crippen molar-refractivity contribution in [3.8, 4) is 56.6 Å². The molecule has 0 aliphatic heterocycles. The van der Waals surface area contributed by atoms with E-state index in [1.54, 1.807) is 12.1 Å². The van der Waals surface area contributed by atoms with Crippen LogP contribution in [0.4, 0.5) is 52.7 Å². The minimum atomic E-state index is -5.15. The molecule has 0 atom stereocenters. The van der Waals surface area contributed by atoms with Crippen LogP contribution in [0.3, 0.4) is 0 Å². The molecule has 0 unspecified atom stereocenters. The average molecular weight is 803 g/mol. The molecule has 0 fully saturated rings. The number of fused-ring (bicyclic) bond motifs is 6. The van der Waals surface area contributed by atoms with Gasteiger partial charge in [0.2, 0.25) is 0 Å². The lowest BCUT2D eigenvalue weighted by Crippen LogP contribution is -2.11. The molecule has 0 saturated carbocycles. The lowest BCUT2D eigenvalue weighted by Gasteiger charge is -2.15. The second-order valence-corrected chi connectivity index (χ2v) is 12.9. The molecule has 2 aliphatic rings. The Labute approximate surface area is 319 Å². The van der Waals surface area contributed by atoms with E-state index in [1.807, 2.05) is 0 Å². The standard InChI is InChI=1S/C42H14F12N4/c1-57-35(17-55)37-31-11-19(21-7-23(39(43,44)45)13-24(8-21)40(46,47)48)3-5-27(31)29-16-34-30(15-33(29)37)28-6-4-20(12-32(28)38(34)36(18-56)58-2)22-9-25(41(49,50)51)14-26(10-22)42(52,53)54/h3-16H/b37-35-,38-36+. The Hall–Kier alpha value is -7.30. The van der Waals surface area contributed by atoms with Crippen LogP contribution in [0.25, 0.3) is 65.3 Å². The minimum Gasteiger partial charge on any atom is -0.226 e. The van der Waals surface area contributed by atoms with Gasteiger partial charge in [-0.1, -0.05) is 24.3 Å². The molecule has 0 aromatic heterocycles. The molecule has 7 rings (SSSR count). The highest BCUT2D eigenvalue weighted by molar-refractivity contribution is 6.11. The molecule has 5 aromatic carbocycles. The maximum absolute atomic E-state index is 13.7. The van der Waals surface area contributed by atoms with E-state index in [2.05, 4.69) is 9.69 Å². The molecule has 0 N–H and O–H groups in total. The van der Waals surface area contributed by atoms with Crippen LogP contribution >= 0.6 is 0 Å². The summed E-state index contributed by atoms with van der Waals surface area (Å²) in [6.07, 6.45) is -20.6. The van der Waals surface area contributed by atoms with Crippen LogP contribution in [-0.2, 0) is 24.7 Å². The Morgan fingerprint density at radius 1 is 0.379 bits per heavy atom. The Bertz CT molecular complexity index is 2580. The van der Waals surface area contributed by atoms with E-state index in [1.165, 1.54) is 48.5 Å². The van der Waals surface area contributed by atoms with Crippen molar-refractivity contribution in [3.63, 3.8) is 0 Å². The van der Waals surface area contributed by atoms with Crippen molar-refractivity contribution in [3.05, 3.63) is 164 Å². The summed E-state index contributed by atoms with van der Waals surface area (Å²) in [5, 5.41) is 20.0. The molecule has 0 heterocycles. The fourth-order valence-corrected chi connectivity index (χ4v) is 7.11. The number of halogens is 12. The summed E-state index contributed by atoms with van der Waals surface area (Å²) in [7, 11) is 0. The normalized spacial score (nSPS) is 14.9. The van der Waals surface area contributed by atoms with Gasteiger partial charge in [-0.2, -0.15) is 52.7 Å². The van der Waals surface area contributed by atoms with Gasteiger partial charge in [0.15, 0.2) is 0 Å². The summed E-state index contributed by atoms with van der Waals surface area (Å²) in [5.74, 6) is 0. The Morgan fingerprint density at radius 2 is 0.672 bits per heavy atom. The van der Waals surface area contributed by atoms with Gasteiger partial charge in [-0.25, -0.2) is 20.2 Å². The largest absolute Gasteiger partial charge is 0.416 e. The minimum absolute atomic E-state index is 0.0315. The van der Waals surface area contributed by atoms with E-state index in [-0.39, 0.29) is 78.9 Å². The fraction of sp³-hybridized carbons (Fsp3) is 0.0952. The molecule has 4 nitrogen and oxygen atoms in total. The lowest BCUT2D eigenvalue weighted by atomic mass is 9.94. The van der Waals surface area contributed by atoms with Crippen LogP contribution in [0.1, 0.15) is 44.5 Å². The molecular weight excluding hydrogens is 788 g/mol. The van der Waals surface area contributed by atoms with Crippen molar-refractivity contribution in [1.29, 1.82) is 10.5 Å². The van der Waals surface area contributed by atoms with Crippen LogP contribution in [0.2, 0.25) is 0 Å². The zero-order chi connectivity index (χ0) is 42.3. The van der Waals surface area contributed by atoms with Gasteiger partial charge >= 0.3 is 24.7 Å². The highest BCUT2D eigenvalue weighted by Gasteiger charge is 2.40. The smallest absolute Gasteiger partial charge is 0.226 e. The molecule has 0 radical (unpaired) electrons. The quantitative estimate of drug-likeness (QED) is 0.0993. The van der Waals surface area contributed by atoms with Gasteiger partial charge in [-0.15, -0.1) is 0 Å². The Morgan fingerprint density at radius 3 is 0.931 bits per heavy atom. The van der Waals surface area contributed by atoms with Gasteiger partial charge in [0.05, 0.1) is 47.5 Å². The number of alkyl halides is 12. The van der Waals surface area contributed by atoms with Gasteiger partial charge in [-0.05, 0) is 127 Å². The summed E-state index contributed by atoms with van der Waals surface area (Å²) in [4.78, 5) is 6.60. The predicted molar refractivity (Wildman–Crippen MR) is 185 cm³/mol. The summed E-state index contributed by atoms with van der Waals surface area (Å²) in [6, 6.07) is 16.1. The first-order valence-corrected chi connectivity index (χ1v) is 16.2. The highest BCUT2D eigenvalue weighted by atomic mass is 19.4. The first-order chi connectivity index (χ1) is 27.1. The van der Waals surface area contributed by atoms with Crippen molar-refractivity contribution in [2.75, 3.05) is 0 Å². The third-order valence-corrected chi connectivity index (χ3v) is 9.61. The number of hydrogen-bond acceptors (Lipinski definition) is 2. The number of nitriles is 2. The summed E-state index contributed by atoms with van der Waals surface area (Å²) in [6.45, 7) is 15.4. The van der Waals surface area contributed by atoms with Crippen molar-refractivity contribution in [1.82, 2.24) is 0 Å². The predicted octanol–water partition coefficient (Wildman–Crippen LogP) is 13.5. The Kier molecular flexibility index (Phi) is 8.83. The van der Waals surface area contributed by atoms with E-state index < -0.39 is 69.5 Å². The zero-order valence-corrected chi connectivity index (χ0v) is 28.4. The lowest BCUT2D eigenvalue weighted by molar-refractivity contribution is -0.144. The van der Waals surface area contributed by atoms with Crippen LogP contribution < -0.4 is 0 Å². The average Bonchev–Trinajstić information content (AvgIpc) is 3.64. The topological polar surface area (TPSA) is 56.3 Å². The Balaban J connectivity index is 1.45. The summed E-state index contributed by atoms with van der Waals surface area (Å²) >= 11 is 0. The first kappa shape index (κ1) is 39.0. The van der Waals surface area contributed by atoms with Crippen molar-refractivity contribution in [2.45, 2.75) is 24.7 Å². The summed E-state index contributed by atoms with van der Waals surface area (Å²) in [5.41, 5.74) is -6.96. The van der Waals surface area contributed by atoms with Gasteiger partial charge < -0.3 is 0 Å². The highest BCUT2D eigenvalue weighted by Crippen LogP contribution is 2.55. The SMILES string of the molecule is [C-]#[N+]/C(C#N)=C1/c2cc(-c3cc(C(F)(F)F)cc(C(F)(F)F)c3)ccc2-c2cc3c(cc21)-c1ccc(-c2cc(C(F)(F)F)cc(C(F)(F)F)c2)cc1/C3=C(/C#N)[N+]#[C-]. The van der Waals surface area contributed by atoms with E-state index in [4.69, 9.17) is 13.1 Å². The fourth-order valence-electron chi connectivity index (χ4n) is 7.11. The second kappa shape index (κ2) is 13.1. The van der Waals surface area contributed by atoms with Gasteiger partial charge in [0.1, 0.15) is 0 Å². The van der Waals surface area contributed by atoms with Gasteiger partial charge in [-0.3, -0.25) is 0 Å². The number of nitrogens with zero attached hydrogens (tertiary/aromatic N) is 4. The van der Waals surface area contributed by atoms with Crippen LogP contribution in [0.5, 0.6) is 0 Å². The molecule has 16 heteroatoms. The maximum Gasteiger partial charge on any atom is 0.416 e. The molecule has 0 saturated heterocycles. The molecule has 2 aliphatic carbocycles. The van der Waals surface area contributed by atoms with Crippen LogP contribution in [0.15, 0.2) is 96.3 Å². The van der Waals surface area contributed by atoms with Crippen LogP contribution in [0, 0.1) is 35.8 Å². The van der Waals surface area contributed by atoms with Crippen molar-refractivity contribution < 1.29 is 52.7 Å². The number of benzene rings is 5. The molecule has 5 aromatic rings. The van der Waals surface area contributed by atoms with Crippen LogP contribution in [-0.4, -0.2) is 0 Å². The zero-order valence-electron chi connectivity index (χ0n) is 28.4. The molecular formula is C42H14F12N4. The number of hydrogen-bond donors (Lipinski definition) is 0. The van der Waals surface area contributed by atoms with E-state index in [0.29, 0.717) is 24.3 Å². The second-order valence-electron chi connectivity index (χ2n) is 12.9. The maximum atomic E-state index is 13.7. The van der Waals surface area contributed by atoms with Gasteiger partial charge in [0.25, 0.3) is 11.4 Å².